The summed E-state index contributed by atoms with van der Waals surface area (Å²) in [6.45, 7) is -0.332. The predicted molar refractivity (Wildman–Crippen MR) is 88.6 cm³/mol. The number of fused-ring (bicyclic) bond motifs is 1. The summed E-state index contributed by atoms with van der Waals surface area (Å²) in [6.07, 6.45) is 0. The van der Waals surface area contributed by atoms with Crippen LogP contribution in [0.25, 0.3) is 11.0 Å². The third kappa shape index (κ3) is 3.24. The Morgan fingerprint density at radius 1 is 1.25 bits per heavy atom. The van der Waals surface area contributed by atoms with Gasteiger partial charge in [-0.1, -0.05) is 36.0 Å². The van der Waals surface area contributed by atoms with Gasteiger partial charge in [0.15, 0.2) is 23.3 Å². The second kappa shape index (κ2) is 7.15. The molecule has 120 valence electrons. The number of para-hydroxylation sites is 3. The first-order valence-corrected chi connectivity index (χ1v) is 8.07. The fraction of sp³-hybridized carbons (Fsp3) is 0.118. The maximum Gasteiger partial charge on any atom is 0.271 e. The molecule has 0 radical (unpaired) electrons. The van der Waals surface area contributed by atoms with Crippen molar-refractivity contribution in [3.63, 3.8) is 0 Å². The Kier molecular flexibility index (Phi) is 4.77. The van der Waals surface area contributed by atoms with Crippen LogP contribution in [0.2, 0.25) is 0 Å². The predicted octanol–water partition coefficient (Wildman–Crippen LogP) is 3.51. The van der Waals surface area contributed by atoms with Crippen LogP contribution < -0.4 is 4.74 Å². The van der Waals surface area contributed by atoms with Gasteiger partial charge in [0.25, 0.3) is 5.91 Å². The molecule has 0 fully saturated rings. The molecule has 0 aliphatic rings. The molecule has 0 unspecified atom stereocenters. The van der Waals surface area contributed by atoms with Gasteiger partial charge in [-0.25, -0.2) is 9.37 Å². The molecule has 5 nitrogen and oxygen atoms in total. The van der Waals surface area contributed by atoms with Gasteiger partial charge in [-0.05, 0) is 24.3 Å². The second-order valence-corrected chi connectivity index (χ2v) is 5.72. The number of benzene rings is 2. The molecule has 0 N–H and O–H groups in total. The molecule has 3 aromatic rings. The lowest BCUT2D eigenvalue weighted by atomic mass is 10.3. The number of hydrogen-bond acceptors (Lipinski definition) is 5. The number of ether oxygens (including phenoxy) is 1. The highest BCUT2D eigenvalue weighted by atomic mass is 32.2. The molecule has 0 saturated heterocycles. The van der Waals surface area contributed by atoms with E-state index in [0.29, 0.717) is 16.2 Å². The molecule has 0 aliphatic carbocycles. The first-order valence-electron chi connectivity index (χ1n) is 7.08. The van der Waals surface area contributed by atoms with Crippen LogP contribution in [-0.4, -0.2) is 27.8 Å². The third-order valence-electron chi connectivity index (χ3n) is 3.23. The van der Waals surface area contributed by atoms with Gasteiger partial charge in [0, 0.05) is 0 Å². The second-order valence-electron chi connectivity index (χ2n) is 4.78. The van der Waals surface area contributed by atoms with Crippen molar-refractivity contribution in [3.8, 4) is 11.8 Å². The zero-order valence-corrected chi connectivity index (χ0v) is 13.3. The zero-order valence-electron chi connectivity index (χ0n) is 12.5. The number of imidazole rings is 1. The first-order chi connectivity index (χ1) is 11.7. The van der Waals surface area contributed by atoms with Gasteiger partial charge in [0.05, 0.1) is 22.9 Å². The van der Waals surface area contributed by atoms with Crippen LogP contribution in [0.3, 0.4) is 0 Å². The fourth-order valence-corrected chi connectivity index (χ4v) is 2.89. The van der Waals surface area contributed by atoms with Crippen molar-refractivity contribution >= 4 is 28.7 Å². The van der Waals surface area contributed by atoms with Crippen molar-refractivity contribution in [1.29, 1.82) is 5.26 Å². The molecule has 1 heterocycles. The van der Waals surface area contributed by atoms with E-state index in [9.17, 15) is 9.18 Å². The normalized spacial score (nSPS) is 10.5. The molecule has 7 heteroatoms. The van der Waals surface area contributed by atoms with Gasteiger partial charge in [0.1, 0.15) is 0 Å². The number of nitriles is 1. The topological polar surface area (TPSA) is 67.9 Å². The van der Waals surface area contributed by atoms with E-state index in [0.717, 1.165) is 0 Å². The maximum atomic E-state index is 13.6. The number of nitrogens with zero attached hydrogens (tertiary/aromatic N) is 3. The molecule has 0 saturated carbocycles. The van der Waals surface area contributed by atoms with E-state index in [1.54, 1.807) is 30.3 Å². The van der Waals surface area contributed by atoms with Crippen LogP contribution >= 0.6 is 11.8 Å². The molecule has 0 amide bonds. The zero-order chi connectivity index (χ0) is 16.9. The quantitative estimate of drug-likeness (QED) is 0.664. The minimum atomic E-state index is -0.528. The highest BCUT2D eigenvalue weighted by Crippen LogP contribution is 2.24. The van der Waals surface area contributed by atoms with Gasteiger partial charge < -0.3 is 4.74 Å². The van der Waals surface area contributed by atoms with Crippen molar-refractivity contribution in [2.45, 2.75) is 5.16 Å². The largest absolute Gasteiger partial charge is 0.481 e. The molecule has 0 aliphatic heterocycles. The summed E-state index contributed by atoms with van der Waals surface area (Å²) < 4.78 is 20.3. The van der Waals surface area contributed by atoms with Crippen LogP contribution in [0.4, 0.5) is 4.39 Å². The summed E-state index contributed by atoms with van der Waals surface area (Å²) in [5, 5.41) is 9.17. The number of carbonyl (C=O) groups excluding carboxylic acids is 1. The number of hydrogen-bond donors (Lipinski definition) is 0. The SMILES string of the molecule is N#CCSc1nc2ccccc2n1C(=O)COc1ccccc1F. The number of rotatable bonds is 5. The Labute approximate surface area is 141 Å². The summed E-state index contributed by atoms with van der Waals surface area (Å²) in [4.78, 5) is 16.9. The number of carbonyl (C=O) groups is 1. The Hall–Kier alpha value is -2.85. The average molecular weight is 341 g/mol. The van der Waals surface area contributed by atoms with Crippen molar-refractivity contribution in [3.05, 3.63) is 54.3 Å². The number of aromatic nitrogens is 2. The lowest BCUT2D eigenvalue weighted by Crippen LogP contribution is -2.20. The minimum absolute atomic E-state index is 0.0153. The molecule has 2 aromatic carbocycles. The number of halogens is 1. The van der Waals surface area contributed by atoms with Crippen LogP contribution in [0.1, 0.15) is 4.79 Å². The minimum Gasteiger partial charge on any atom is -0.481 e. The highest BCUT2D eigenvalue weighted by Gasteiger charge is 2.18. The van der Waals surface area contributed by atoms with Gasteiger partial charge in [-0.15, -0.1) is 0 Å². The number of thioether (sulfide) groups is 1. The van der Waals surface area contributed by atoms with Crippen molar-refractivity contribution < 1.29 is 13.9 Å². The molecule has 3 rings (SSSR count). The summed E-state index contributed by atoms with van der Waals surface area (Å²) in [6, 6.07) is 15.1. The van der Waals surface area contributed by atoms with Gasteiger partial charge in [-0.3, -0.25) is 9.36 Å². The molecule has 0 bridgehead atoms. The Bertz CT molecular complexity index is 933. The third-order valence-corrected chi connectivity index (χ3v) is 4.04. The lowest BCUT2D eigenvalue weighted by molar-refractivity contribution is 0.0829. The average Bonchev–Trinajstić information content (AvgIpc) is 2.97. The van der Waals surface area contributed by atoms with Gasteiger partial charge in [-0.2, -0.15) is 5.26 Å². The Balaban J connectivity index is 1.88. The molecule has 0 atom stereocenters. The Morgan fingerprint density at radius 2 is 2.00 bits per heavy atom. The van der Waals surface area contributed by atoms with Crippen LogP contribution in [0.5, 0.6) is 5.75 Å². The summed E-state index contributed by atoms with van der Waals surface area (Å²) in [7, 11) is 0. The molecule has 0 spiro atoms. The highest BCUT2D eigenvalue weighted by molar-refractivity contribution is 7.99. The van der Waals surface area contributed by atoms with E-state index < -0.39 is 5.82 Å². The van der Waals surface area contributed by atoms with Crippen molar-refractivity contribution in [2.24, 2.45) is 0 Å². The monoisotopic (exact) mass is 341 g/mol. The first kappa shape index (κ1) is 16.0. The van der Waals surface area contributed by atoms with Gasteiger partial charge in [0.2, 0.25) is 0 Å². The Morgan fingerprint density at radius 3 is 2.79 bits per heavy atom. The van der Waals surface area contributed by atoms with E-state index in [4.69, 9.17) is 10.00 Å². The van der Waals surface area contributed by atoms with Crippen LogP contribution in [0, 0.1) is 17.1 Å². The summed E-state index contributed by atoms with van der Waals surface area (Å²) in [5.41, 5.74) is 1.28. The lowest BCUT2D eigenvalue weighted by Gasteiger charge is -2.09. The van der Waals surface area contributed by atoms with E-state index in [-0.39, 0.29) is 24.0 Å². The molecule has 24 heavy (non-hydrogen) atoms. The molecular weight excluding hydrogens is 329 g/mol. The van der Waals surface area contributed by atoms with E-state index in [1.807, 2.05) is 12.1 Å². The van der Waals surface area contributed by atoms with Crippen molar-refractivity contribution in [2.75, 3.05) is 12.4 Å². The van der Waals surface area contributed by atoms with E-state index >= 15 is 0 Å². The van der Waals surface area contributed by atoms with Crippen LogP contribution in [0.15, 0.2) is 53.7 Å². The molecule has 1 aromatic heterocycles. The van der Waals surface area contributed by atoms with Crippen molar-refractivity contribution in [1.82, 2.24) is 9.55 Å². The van der Waals surface area contributed by atoms with E-state index in [2.05, 4.69) is 4.98 Å². The maximum absolute atomic E-state index is 13.6. The standard InChI is InChI=1S/C17H12FN3O2S/c18-12-5-1-4-8-15(12)23-11-16(22)21-14-7-3-2-6-13(14)20-17(21)24-10-9-19/h1-8H,10-11H2. The summed E-state index contributed by atoms with van der Waals surface area (Å²) in [5.74, 6) is -0.723. The molecular formula is C17H12FN3O2S. The van der Waals surface area contributed by atoms with E-state index in [1.165, 1.54) is 28.5 Å². The fourth-order valence-electron chi connectivity index (χ4n) is 2.20. The van der Waals surface area contributed by atoms with Gasteiger partial charge >= 0.3 is 0 Å². The smallest absolute Gasteiger partial charge is 0.271 e. The summed E-state index contributed by atoms with van der Waals surface area (Å²) >= 11 is 1.17. The van der Waals surface area contributed by atoms with Crippen LogP contribution in [-0.2, 0) is 0 Å².